The third kappa shape index (κ3) is 2.97. The zero-order valence-corrected chi connectivity index (χ0v) is 11.0. The molecule has 0 amide bonds. The van der Waals surface area contributed by atoms with Gasteiger partial charge in [0.1, 0.15) is 5.69 Å². The molecule has 0 aliphatic heterocycles. The van der Waals surface area contributed by atoms with Gasteiger partial charge in [-0.05, 0) is 6.07 Å². The van der Waals surface area contributed by atoms with Gasteiger partial charge in [-0.15, -0.1) is 0 Å². The van der Waals surface area contributed by atoms with Crippen molar-refractivity contribution >= 4 is 27.5 Å². The van der Waals surface area contributed by atoms with Crippen LogP contribution in [0.4, 0.5) is 11.5 Å². The van der Waals surface area contributed by atoms with Crippen LogP contribution in [-0.2, 0) is 10.0 Å². The van der Waals surface area contributed by atoms with Gasteiger partial charge in [-0.3, -0.25) is 19.9 Å². The number of benzene rings is 1. The predicted molar refractivity (Wildman–Crippen MR) is 69.5 cm³/mol. The molecule has 0 spiro atoms. The maximum absolute atomic E-state index is 12.1. The summed E-state index contributed by atoms with van der Waals surface area (Å²) < 4.78 is 26.1. The fraction of sp³-hybridized carbons (Fsp3) is 0. The summed E-state index contributed by atoms with van der Waals surface area (Å²) in [5.74, 6) is -1.61. The third-order valence-corrected chi connectivity index (χ3v) is 3.80. The van der Waals surface area contributed by atoms with Gasteiger partial charge in [0.25, 0.3) is 15.7 Å². The van der Waals surface area contributed by atoms with Crippen molar-refractivity contribution in [2.24, 2.45) is 0 Å². The van der Waals surface area contributed by atoms with Gasteiger partial charge < -0.3 is 5.11 Å². The lowest BCUT2D eigenvalue weighted by Crippen LogP contribution is -2.14. The van der Waals surface area contributed by atoms with Crippen LogP contribution < -0.4 is 4.72 Å². The average molecular weight is 312 g/mol. The second kappa shape index (κ2) is 5.20. The van der Waals surface area contributed by atoms with E-state index in [4.69, 9.17) is 5.11 Å². The van der Waals surface area contributed by atoms with E-state index in [0.29, 0.717) is 0 Å². The largest absolute Gasteiger partial charge is 0.477 e. The molecule has 0 atom stereocenters. The van der Waals surface area contributed by atoms with Gasteiger partial charge in [0.15, 0.2) is 10.7 Å². The number of anilines is 1. The molecule has 2 aromatic rings. The number of aromatic nitrogens is 2. The Labute approximate surface area is 117 Å². The highest BCUT2D eigenvalue weighted by Crippen LogP contribution is 2.24. The standard InChI is InChI=1S/C10H8N4O6S/c15-10(16)6-5-9(12-11-6)13-21(19,20)8-4-2-1-3-7(8)14(17)18/h1-5H,(H,15,16)(H2,11,12,13). The number of carboxylic acid groups (broad SMARTS) is 1. The number of carbonyl (C=O) groups is 1. The number of rotatable bonds is 5. The summed E-state index contributed by atoms with van der Waals surface area (Å²) in [5, 5.41) is 25.1. The van der Waals surface area contributed by atoms with Crippen LogP contribution >= 0.6 is 0 Å². The van der Waals surface area contributed by atoms with Crippen molar-refractivity contribution in [1.29, 1.82) is 0 Å². The van der Waals surface area contributed by atoms with Gasteiger partial charge >= 0.3 is 5.97 Å². The van der Waals surface area contributed by atoms with Crippen LogP contribution in [0, 0.1) is 10.1 Å². The van der Waals surface area contributed by atoms with Crippen LogP contribution in [0.5, 0.6) is 0 Å². The first-order chi connectivity index (χ1) is 9.81. The van der Waals surface area contributed by atoms with Crippen molar-refractivity contribution in [3.63, 3.8) is 0 Å². The molecule has 0 fully saturated rings. The summed E-state index contributed by atoms with van der Waals surface area (Å²) in [6.07, 6.45) is 0. The van der Waals surface area contributed by atoms with Crippen LogP contribution in [0.1, 0.15) is 10.5 Å². The Bertz CT molecular complexity index is 812. The number of para-hydroxylation sites is 1. The fourth-order valence-electron chi connectivity index (χ4n) is 1.51. The second-order valence-corrected chi connectivity index (χ2v) is 5.45. The number of nitro benzene ring substituents is 1. The number of carboxylic acids is 1. The predicted octanol–water partition coefficient (Wildman–Crippen LogP) is 0.817. The van der Waals surface area contributed by atoms with E-state index in [1.54, 1.807) is 0 Å². The lowest BCUT2D eigenvalue weighted by molar-refractivity contribution is -0.387. The Morgan fingerprint density at radius 3 is 2.62 bits per heavy atom. The maximum atomic E-state index is 12.1. The summed E-state index contributed by atoms with van der Waals surface area (Å²) >= 11 is 0. The lowest BCUT2D eigenvalue weighted by atomic mass is 10.3. The van der Waals surface area contributed by atoms with E-state index in [0.717, 1.165) is 18.2 Å². The molecule has 3 N–H and O–H groups in total. The Hall–Kier alpha value is -2.95. The summed E-state index contributed by atoms with van der Waals surface area (Å²) in [7, 11) is -4.27. The minimum Gasteiger partial charge on any atom is -0.477 e. The molecule has 0 radical (unpaired) electrons. The number of nitro groups is 1. The molecule has 0 aliphatic rings. The number of nitrogens with zero attached hydrogens (tertiary/aromatic N) is 2. The molecule has 0 unspecified atom stereocenters. The van der Waals surface area contributed by atoms with E-state index in [2.05, 4.69) is 10.2 Å². The third-order valence-electron chi connectivity index (χ3n) is 2.40. The molecule has 0 saturated heterocycles. The SMILES string of the molecule is O=C(O)c1cc(NS(=O)(=O)c2ccccc2[N+](=O)[O-])n[nH]1. The van der Waals surface area contributed by atoms with Crippen LogP contribution in [0.3, 0.4) is 0 Å². The van der Waals surface area contributed by atoms with Crippen molar-refractivity contribution in [2.45, 2.75) is 4.90 Å². The highest BCUT2D eigenvalue weighted by Gasteiger charge is 2.26. The Kier molecular flexibility index (Phi) is 3.58. The zero-order valence-electron chi connectivity index (χ0n) is 10.2. The molecule has 0 bridgehead atoms. The molecule has 110 valence electrons. The molecule has 2 rings (SSSR count). The van der Waals surface area contributed by atoms with Gasteiger partial charge in [-0.25, -0.2) is 13.2 Å². The van der Waals surface area contributed by atoms with Crippen LogP contribution in [-0.4, -0.2) is 34.6 Å². The number of hydrogen-bond acceptors (Lipinski definition) is 6. The highest BCUT2D eigenvalue weighted by atomic mass is 32.2. The number of sulfonamides is 1. The molecule has 0 aliphatic carbocycles. The molecule has 10 nitrogen and oxygen atoms in total. The number of aromatic carboxylic acids is 1. The number of H-pyrrole nitrogens is 1. The molecular weight excluding hydrogens is 304 g/mol. The van der Waals surface area contributed by atoms with Gasteiger partial charge in [0, 0.05) is 12.1 Å². The van der Waals surface area contributed by atoms with Crippen molar-refractivity contribution in [3.8, 4) is 0 Å². The first-order valence-corrected chi connectivity index (χ1v) is 6.84. The first kappa shape index (κ1) is 14.5. The monoisotopic (exact) mass is 312 g/mol. The van der Waals surface area contributed by atoms with Crippen molar-refractivity contribution in [1.82, 2.24) is 10.2 Å². The van der Waals surface area contributed by atoms with Gasteiger partial charge in [0.05, 0.1) is 4.92 Å². The van der Waals surface area contributed by atoms with Crippen molar-refractivity contribution < 1.29 is 23.2 Å². The molecule has 1 aromatic carbocycles. The average Bonchev–Trinajstić information content (AvgIpc) is 2.86. The van der Waals surface area contributed by atoms with E-state index in [1.807, 2.05) is 4.72 Å². The summed E-state index contributed by atoms with van der Waals surface area (Å²) in [6.45, 7) is 0. The van der Waals surface area contributed by atoms with Gasteiger partial charge in [-0.1, -0.05) is 12.1 Å². The minimum atomic E-state index is -4.27. The van der Waals surface area contributed by atoms with Crippen molar-refractivity contribution in [2.75, 3.05) is 4.72 Å². The molecule has 21 heavy (non-hydrogen) atoms. The highest BCUT2D eigenvalue weighted by molar-refractivity contribution is 7.92. The topological polar surface area (TPSA) is 155 Å². The van der Waals surface area contributed by atoms with Gasteiger partial charge in [0.2, 0.25) is 0 Å². The molecule has 1 heterocycles. The van der Waals surface area contributed by atoms with E-state index in [9.17, 15) is 23.3 Å². The van der Waals surface area contributed by atoms with Crippen LogP contribution in [0.15, 0.2) is 35.2 Å². The second-order valence-electron chi connectivity index (χ2n) is 3.80. The number of hydrogen-bond donors (Lipinski definition) is 3. The van der Waals surface area contributed by atoms with E-state index in [-0.39, 0.29) is 11.5 Å². The van der Waals surface area contributed by atoms with E-state index in [1.165, 1.54) is 12.1 Å². The molecule has 11 heteroatoms. The zero-order chi connectivity index (χ0) is 15.6. The van der Waals surface area contributed by atoms with Crippen LogP contribution in [0.25, 0.3) is 0 Å². The Morgan fingerprint density at radius 1 is 1.38 bits per heavy atom. The van der Waals surface area contributed by atoms with Gasteiger partial charge in [-0.2, -0.15) is 5.10 Å². The first-order valence-electron chi connectivity index (χ1n) is 5.36. The molecule has 0 saturated carbocycles. The summed E-state index contributed by atoms with van der Waals surface area (Å²) in [4.78, 5) is 20.1. The number of nitrogens with one attached hydrogen (secondary N) is 2. The van der Waals surface area contributed by atoms with Crippen molar-refractivity contribution in [3.05, 3.63) is 46.1 Å². The molecule has 1 aromatic heterocycles. The maximum Gasteiger partial charge on any atom is 0.353 e. The smallest absolute Gasteiger partial charge is 0.353 e. The van der Waals surface area contributed by atoms with E-state index >= 15 is 0 Å². The minimum absolute atomic E-state index is 0.287. The fourth-order valence-corrected chi connectivity index (χ4v) is 2.68. The number of aromatic amines is 1. The molecular formula is C10H8N4O6S. The van der Waals surface area contributed by atoms with Crippen LogP contribution in [0.2, 0.25) is 0 Å². The normalized spacial score (nSPS) is 11.0. The lowest BCUT2D eigenvalue weighted by Gasteiger charge is -2.05. The summed E-state index contributed by atoms with van der Waals surface area (Å²) in [6, 6.07) is 5.71. The Balaban J connectivity index is 2.38. The quantitative estimate of drug-likeness (QED) is 0.545. The summed E-state index contributed by atoms with van der Waals surface area (Å²) in [5.41, 5.74) is -0.922. The Morgan fingerprint density at radius 2 is 2.05 bits per heavy atom. The van der Waals surface area contributed by atoms with E-state index < -0.39 is 31.5 Å².